The predicted molar refractivity (Wildman–Crippen MR) is 104 cm³/mol. The lowest BCUT2D eigenvalue weighted by Crippen LogP contribution is -2.41. The van der Waals surface area contributed by atoms with Gasteiger partial charge < -0.3 is 4.74 Å². The van der Waals surface area contributed by atoms with E-state index in [1.807, 2.05) is 19.9 Å². The molecular weight excluding hydrogens is 452 g/mol. The van der Waals surface area contributed by atoms with Crippen molar-refractivity contribution < 1.29 is 14.3 Å². The van der Waals surface area contributed by atoms with E-state index >= 15 is 0 Å². The van der Waals surface area contributed by atoms with Crippen LogP contribution >= 0.6 is 31.9 Å². The molecule has 0 aliphatic rings. The molecule has 0 bridgehead atoms. The first kappa shape index (κ1) is 19.5. The van der Waals surface area contributed by atoms with Crippen LogP contribution < -0.4 is 15.6 Å². The molecule has 0 aliphatic carbocycles. The fourth-order valence-corrected chi connectivity index (χ4v) is 2.84. The first-order chi connectivity index (χ1) is 11.9. The standard InChI is InChI=1S/C18H18Br2N2O3/c1-3-8-25-16-7-6-13(10-15(16)20)18(24)22-21-17(23)12-5-4-11(2)14(19)9-12/h4-7,9-10H,3,8H2,1-2H3,(H,21,23)(H,22,24). The Morgan fingerprint density at radius 1 is 0.960 bits per heavy atom. The zero-order valence-electron chi connectivity index (χ0n) is 13.9. The van der Waals surface area contributed by atoms with Gasteiger partial charge in [-0.1, -0.05) is 28.9 Å². The fourth-order valence-electron chi connectivity index (χ4n) is 1.96. The topological polar surface area (TPSA) is 67.4 Å². The number of amides is 2. The van der Waals surface area contributed by atoms with Gasteiger partial charge >= 0.3 is 0 Å². The largest absolute Gasteiger partial charge is 0.492 e. The predicted octanol–water partition coefficient (Wildman–Crippen LogP) is 4.38. The van der Waals surface area contributed by atoms with Gasteiger partial charge in [0.1, 0.15) is 5.75 Å². The SMILES string of the molecule is CCCOc1ccc(C(=O)NNC(=O)c2ccc(C)c(Br)c2)cc1Br. The van der Waals surface area contributed by atoms with Crippen molar-refractivity contribution in [3.63, 3.8) is 0 Å². The molecule has 132 valence electrons. The highest BCUT2D eigenvalue weighted by atomic mass is 79.9. The van der Waals surface area contributed by atoms with Crippen LogP contribution in [0.1, 0.15) is 39.6 Å². The fraction of sp³-hybridized carbons (Fsp3) is 0.222. The number of hydrogen-bond acceptors (Lipinski definition) is 3. The molecule has 2 aromatic rings. The van der Waals surface area contributed by atoms with Crippen LogP contribution in [-0.4, -0.2) is 18.4 Å². The molecule has 0 radical (unpaired) electrons. The molecule has 25 heavy (non-hydrogen) atoms. The van der Waals surface area contributed by atoms with Crippen molar-refractivity contribution in [1.29, 1.82) is 0 Å². The van der Waals surface area contributed by atoms with Gasteiger partial charge in [-0.3, -0.25) is 20.4 Å². The Hall–Kier alpha value is -1.86. The van der Waals surface area contributed by atoms with Gasteiger partial charge in [0, 0.05) is 15.6 Å². The Balaban J connectivity index is 1.98. The van der Waals surface area contributed by atoms with Crippen LogP contribution in [0.4, 0.5) is 0 Å². The number of carbonyl (C=O) groups is 2. The van der Waals surface area contributed by atoms with Crippen LogP contribution in [0.3, 0.4) is 0 Å². The third-order valence-corrected chi connectivity index (χ3v) is 4.85. The highest BCUT2D eigenvalue weighted by molar-refractivity contribution is 9.10. The first-order valence-corrected chi connectivity index (χ1v) is 9.30. The monoisotopic (exact) mass is 468 g/mol. The summed E-state index contributed by atoms with van der Waals surface area (Å²) in [4.78, 5) is 24.3. The highest BCUT2D eigenvalue weighted by Gasteiger charge is 2.12. The maximum absolute atomic E-state index is 12.2. The van der Waals surface area contributed by atoms with Crippen molar-refractivity contribution >= 4 is 43.7 Å². The number of hydrazine groups is 1. The van der Waals surface area contributed by atoms with E-state index in [-0.39, 0.29) is 0 Å². The van der Waals surface area contributed by atoms with E-state index in [2.05, 4.69) is 42.7 Å². The minimum Gasteiger partial charge on any atom is -0.492 e. The summed E-state index contributed by atoms with van der Waals surface area (Å²) in [5.74, 6) is -0.134. The molecule has 0 heterocycles. The maximum Gasteiger partial charge on any atom is 0.269 e. The van der Waals surface area contributed by atoms with Gasteiger partial charge in [-0.25, -0.2) is 0 Å². The van der Waals surface area contributed by atoms with Crippen LogP contribution in [0.5, 0.6) is 5.75 Å². The lowest BCUT2D eigenvalue weighted by atomic mass is 10.1. The van der Waals surface area contributed by atoms with Crippen molar-refractivity contribution in [3.8, 4) is 5.75 Å². The molecule has 0 atom stereocenters. The summed E-state index contributed by atoms with van der Waals surface area (Å²) in [6.07, 6.45) is 0.899. The minimum atomic E-state index is -0.415. The Morgan fingerprint density at radius 2 is 1.52 bits per heavy atom. The number of nitrogens with one attached hydrogen (secondary N) is 2. The molecule has 0 saturated heterocycles. The Kier molecular flexibility index (Phi) is 7.01. The quantitative estimate of drug-likeness (QED) is 0.638. The average molecular weight is 470 g/mol. The van der Waals surface area contributed by atoms with E-state index in [4.69, 9.17) is 4.74 Å². The van der Waals surface area contributed by atoms with E-state index < -0.39 is 11.8 Å². The number of rotatable bonds is 5. The summed E-state index contributed by atoms with van der Waals surface area (Å²) in [5.41, 5.74) is 6.69. The molecule has 2 N–H and O–H groups in total. The number of halogens is 2. The van der Waals surface area contributed by atoms with Crippen molar-refractivity contribution in [2.45, 2.75) is 20.3 Å². The van der Waals surface area contributed by atoms with Gasteiger partial charge in [0.05, 0.1) is 11.1 Å². The molecule has 2 aromatic carbocycles. The van der Waals surface area contributed by atoms with Crippen LogP contribution in [0.15, 0.2) is 45.3 Å². The second-order valence-corrected chi connectivity index (χ2v) is 7.07. The molecule has 0 unspecified atom stereocenters. The number of ether oxygens (including phenoxy) is 1. The molecule has 0 aromatic heterocycles. The summed E-state index contributed by atoms with van der Waals surface area (Å²) in [6, 6.07) is 10.2. The zero-order valence-corrected chi connectivity index (χ0v) is 17.0. The van der Waals surface area contributed by atoms with Crippen LogP contribution in [0.2, 0.25) is 0 Å². The van der Waals surface area contributed by atoms with Gasteiger partial charge in [0.25, 0.3) is 11.8 Å². The third-order valence-electron chi connectivity index (χ3n) is 3.38. The van der Waals surface area contributed by atoms with Gasteiger partial charge in [0.2, 0.25) is 0 Å². The summed E-state index contributed by atoms with van der Waals surface area (Å²) in [5, 5.41) is 0. The number of hydrogen-bond donors (Lipinski definition) is 2. The van der Waals surface area contributed by atoms with Crippen LogP contribution in [-0.2, 0) is 0 Å². The molecule has 7 heteroatoms. The van der Waals surface area contributed by atoms with E-state index in [0.717, 1.165) is 16.5 Å². The molecule has 0 saturated carbocycles. The number of aryl methyl sites for hydroxylation is 1. The van der Waals surface area contributed by atoms with Crippen molar-refractivity contribution in [2.24, 2.45) is 0 Å². The molecular formula is C18H18Br2N2O3. The smallest absolute Gasteiger partial charge is 0.269 e. The van der Waals surface area contributed by atoms with E-state index in [9.17, 15) is 9.59 Å². The van der Waals surface area contributed by atoms with Gasteiger partial charge in [-0.2, -0.15) is 0 Å². The van der Waals surface area contributed by atoms with Crippen molar-refractivity contribution in [2.75, 3.05) is 6.61 Å². The zero-order chi connectivity index (χ0) is 18.4. The number of carbonyl (C=O) groups excluding carboxylic acids is 2. The van der Waals surface area contributed by atoms with E-state index in [1.54, 1.807) is 30.3 Å². The molecule has 5 nitrogen and oxygen atoms in total. The second-order valence-electron chi connectivity index (χ2n) is 5.37. The van der Waals surface area contributed by atoms with Crippen LogP contribution in [0.25, 0.3) is 0 Å². The summed E-state index contributed by atoms with van der Waals surface area (Å²) in [6.45, 7) is 4.55. The van der Waals surface area contributed by atoms with Crippen molar-refractivity contribution in [1.82, 2.24) is 10.9 Å². The molecule has 0 spiro atoms. The average Bonchev–Trinajstić information content (AvgIpc) is 2.60. The van der Waals surface area contributed by atoms with E-state index in [1.165, 1.54) is 0 Å². The Morgan fingerprint density at radius 3 is 2.04 bits per heavy atom. The first-order valence-electron chi connectivity index (χ1n) is 7.71. The molecule has 2 rings (SSSR count). The van der Waals surface area contributed by atoms with Gasteiger partial charge in [-0.15, -0.1) is 0 Å². The second kappa shape index (κ2) is 9.01. The van der Waals surface area contributed by atoms with Gasteiger partial charge in [0.15, 0.2) is 0 Å². The van der Waals surface area contributed by atoms with Gasteiger partial charge in [-0.05, 0) is 65.2 Å². The third kappa shape index (κ3) is 5.31. The molecule has 2 amide bonds. The summed E-state index contributed by atoms with van der Waals surface area (Å²) in [7, 11) is 0. The highest BCUT2D eigenvalue weighted by Crippen LogP contribution is 2.26. The maximum atomic E-state index is 12.2. The summed E-state index contributed by atoms with van der Waals surface area (Å²) < 4.78 is 7.06. The molecule has 0 aliphatic heterocycles. The van der Waals surface area contributed by atoms with E-state index in [0.29, 0.717) is 28.0 Å². The van der Waals surface area contributed by atoms with Crippen molar-refractivity contribution in [3.05, 3.63) is 62.0 Å². The lowest BCUT2D eigenvalue weighted by molar-refractivity contribution is 0.0846. The summed E-state index contributed by atoms with van der Waals surface area (Å²) >= 11 is 6.76. The van der Waals surface area contributed by atoms with Crippen LogP contribution in [0, 0.1) is 6.92 Å². The Labute approximate surface area is 163 Å². The number of benzene rings is 2. The Bertz CT molecular complexity index is 794. The molecule has 0 fully saturated rings. The lowest BCUT2D eigenvalue weighted by Gasteiger charge is -2.10. The normalized spacial score (nSPS) is 10.2. The minimum absolute atomic E-state index is 0.393.